The molecular formula is C59H55N7O+2. The van der Waals surface area contributed by atoms with E-state index in [1.165, 1.54) is 0 Å². The van der Waals surface area contributed by atoms with Crippen molar-refractivity contribution in [1.29, 1.82) is 0 Å². The molecule has 0 saturated carbocycles. The molecule has 4 heterocycles. The molecule has 0 atom stereocenters. The van der Waals surface area contributed by atoms with Gasteiger partial charge in [-0.2, -0.15) is 0 Å². The van der Waals surface area contributed by atoms with Crippen LogP contribution in [-0.4, -0.2) is 39.7 Å². The Bertz CT molecular complexity index is 3890. The minimum Gasteiger partial charge on any atom is -0.456 e. The number of hydrogen-bond donors (Lipinski definition) is 0. The standard InChI is InChI=1S/C59H55N7O/c1-57(2,3)41-33-45(39-21-12-10-13-22-39)53(46(34-41)40-23-14-11-15-24-40)65-32-31-64(38-65)42-25-20-26-43(35-42)67-51-37-50-47(44-27-16-17-28-49(44)66(50)52-29-18-19-30-60-52)36-48(51)54-61-55(58(4,5)6)63-56(62-54)59(7,8)9/h10-37H,1-9H3/q+2/i10D,11D,12D,13D,14D,15D,21D,22D,23D,24D. The first kappa shape index (κ1) is 32.8. The van der Waals surface area contributed by atoms with Gasteiger partial charge in [-0.1, -0.05) is 162 Å². The summed E-state index contributed by atoms with van der Waals surface area (Å²) in [6.45, 7) is 18.2. The molecule has 67 heavy (non-hydrogen) atoms. The first-order valence-electron chi connectivity index (χ1n) is 27.1. The zero-order valence-corrected chi connectivity index (χ0v) is 38.9. The Balaban J connectivity index is 1.21. The summed E-state index contributed by atoms with van der Waals surface area (Å²) in [4.78, 5) is 20.0. The van der Waals surface area contributed by atoms with E-state index >= 15 is 0 Å². The number of fused-ring (bicyclic) bond motifs is 3. The van der Waals surface area contributed by atoms with E-state index in [4.69, 9.17) is 38.4 Å². The quantitative estimate of drug-likeness (QED) is 0.142. The Morgan fingerprint density at radius 3 is 1.81 bits per heavy atom. The van der Waals surface area contributed by atoms with Gasteiger partial charge in [0.25, 0.3) is 12.4 Å². The van der Waals surface area contributed by atoms with Crippen LogP contribution in [0.2, 0.25) is 0 Å². The molecule has 0 spiro atoms. The highest BCUT2D eigenvalue weighted by atomic mass is 16.5. The SMILES string of the molecule is [2H]c1c([2H])c([2H])c(-c2cc(C(C)(C)C)cc(-c3c([2H])c([2H])c([2H])c([2H])c3[2H])c2[N+]2=C=[N+](c3cccc(Oc4cc5c(cc4-c4nc(C(C)(C)C)nc(C(C)(C)C)n4)c4ccccc4n5-c4ccccn4)c3)C=C2)c([2H])c1[2H]. The van der Waals surface area contributed by atoms with Crippen molar-refractivity contribution in [3.63, 3.8) is 0 Å². The number of nitrogens with zero attached hydrogens (tertiary/aromatic N) is 7. The molecule has 6 aromatic carbocycles. The lowest BCUT2D eigenvalue weighted by molar-refractivity contribution is -0.386. The van der Waals surface area contributed by atoms with Crippen LogP contribution >= 0.6 is 0 Å². The highest BCUT2D eigenvalue weighted by molar-refractivity contribution is 6.11. The molecule has 0 N–H and O–H groups in total. The van der Waals surface area contributed by atoms with E-state index in [2.05, 4.69) is 70.3 Å². The summed E-state index contributed by atoms with van der Waals surface area (Å²) in [7, 11) is 0. The Morgan fingerprint density at radius 2 is 1.19 bits per heavy atom. The van der Waals surface area contributed by atoms with Gasteiger partial charge in [0.1, 0.15) is 29.0 Å². The summed E-state index contributed by atoms with van der Waals surface area (Å²) >= 11 is 0. The average molecular weight is 888 g/mol. The monoisotopic (exact) mass is 888 g/mol. The first-order chi connectivity index (χ1) is 36.2. The van der Waals surface area contributed by atoms with Crippen molar-refractivity contribution >= 4 is 39.2 Å². The van der Waals surface area contributed by atoms with Crippen LogP contribution in [0.4, 0.5) is 11.4 Å². The van der Waals surface area contributed by atoms with Gasteiger partial charge >= 0.3 is 6.01 Å². The zero-order chi connectivity index (χ0) is 55.4. The minimum atomic E-state index is -0.629. The molecule has 1 aliphatic rings. The molecule has 0 amide bonds. The molecule has 0 bridgehead atoms. The van der Waals surface area contributed by atoms with Crippen molar-refractivity contribution in [2.75, 3.05) is 0 Å². The second-order valence-electron chi connectivity index (χ2n) is 19.6. The van der Waals surface area contributed by atoms with Crippen molar-refractivity contribution in [2.45, 2.75) is 78.6 Å². The Kier molecular flexibility index (Phi) is 8.11. The summed E-state index contributed by atoms with van der Waals surface area (Å²) in [5.41, 5.74) is 2.39. The van der Waals surface area contributed by atoms with Crippen LogP contribution in [0.1, 0.15) is 93.2 Å². The molecule has 9 aromatic rings. The predicted molar refractivity (Wildman–Crippen MR) is 271 cm³/mol. The minimum absolute atomic E-state index is 0.132. The van der Waals surface area contributed by atoms with Gasteiger partial charge in [0, 0.05) is 39.9 Å². The maximum absolute atomic E-state index is 9.16. The van der Waals surface area contributed by atoms with Gasteiger partial charge in [-0.25, -0.2) is 19.9 Å². The highest BCUT2D eigenvalue weighted by Gasteiger charge is 2.32. The second-order valence-corrected chi connectivity index (χ2v) is 19.6. The van der Waals surface area contributed by atoms with Crippen LogP contribution in [0.5, 0.6) is 11.5 Å². The highest BCUT2D eigenvalue weighted by Crippen LogP contribution is 2.45. The second kappa shape index (κ2) is 16.6. The van der Waals surface area contributed by atoms with Crippen molar-refractivity contribution in [3.8, 4) is 51.0 Å². The fraction of sp³-hybridized carbons (Fsp3) is 0.203. The molecule has 0 unspecified atom stereocenters. The predicted octanol–water partition coefficient (Wildman–Crippen LogP) is 14.7. The number of pyridine rings is 1. The smallest absolute Gasteiger partial charge is 0.456 e. The molecule has 0 fully saturated rings. The molecule has 0 aliphatic carbocycles. The van der Waals surface area contributed by atoms with Crippen molar-refractivity contribution < 1.29 is 27.6 Å². The molecular weight excluding hydrogens is 823 g/mol. The van der Waals surface area contributed by atoms with Crippen molar-refractivity contribution in [2.24, 2.45) is 0 Å². The summed E-state index contributed by atoms with van der Waals surface area (Å²) in [6.07, 6.45) is 5.13. The van der Waals surface area contributed by atoms with Crippen LogP contribution in [-0.2, 0) is 16.2 Å². The molecule has 8 heteroatoms. The largest absolute Gasteiger partial charge is 0.501 e. The van der Waals surface area contributed by atoms with Gasteiger partial charge in [-0.05, 0) is 64.6 Å². The van der Waals surface area contributed by atoms with Gasteiger partial charge in [0.15, 0.2) is 5.82 Å². The molecule has 10 rings (SSSR count). The summed E-state index contributed by atoms with van der Waals surface area (Å²) in [5, 5.41) is 1.93. The van der Waals surface area contributed by atoms with Gasteiger partial charge in [-0.3, -0.25) is 4.57 Å². The number of ether oxygens (including phenoxy) is 1. The van der Waals surface area contributed by atoms with E-state index in [1.807, 2.05) is 81.4 Å². The lowest BCUT2D eigenvalue weighted by Crippen LogP contribution is -2.24. The lowest BCUT2D eigenvalue weighted by atomic mass is 9.82. The average Bonchev–Trinajstić information content (AvgIpc) is 4.06. The summed E-state index contributed by atoms with van der Waals surface area (Å²) in [6, 6.07) is 26.9. The first-order valence-corrected chi connectivity index (χ1v) is 22.1. The zero-order valence-electron chi connectivity index (χ0n) is 48.9. The Morgan fingerprint density at radius 1 is 0.567 bits per heavy atom. The fourth-order valence-corrected chi connectivity index (χ4v) is 8.04. The van der Waals surface area contributed by atoms with E-state index in [0.717, 1.165) is 27.6 Å². The van der Waals surface area contributed by atoms with Gasteiger partial charge in [0.2, 0.25) is 11.4 Å². The fourth-order valence-electron chi connectivity index (χ4n) is 8.04. The van der Waals surface area contributed by atoms with Crippen LogP contribution in [0.3, 0.4) is 0 Å². The third-order valence-electron chi connectivity index (χ3n) is 11.5. The van der Waals surface area contributed by atoms with Crippen molar-refractivity contribution in [1.82, 2.24) is 24.5 Å². The van der Waals surface area contributed by atoms with Gasteiger partial charge < -0.3 is 4.74 Å². The molecule has 3 aromatic heterocycles. The molecule has 330 valence electrons. The molecule has 0 saturated heterocycles. The number of rotatable bonds is 8. The maximum Gasteiger partial charge on any atom is 0.501 e. The van der Waals surface area contributed by atoms with E-state index in [0.29, 0.717) is 45.8 Å². The Hall–Kier alpha value is -7.80. The normalized spacial score (nSPS) is 15.1. The van der Waals surface area contributed by atoms with E-state index in [-0.39, 0.29) is 27.9 Å². The van der Waals surface area contributed by atoms with E-state index in [9.17, 15) is 0 Å². The number of benzene rings is 6. The van der Waals surface area contributed by atoms with Gasteiger partial charge in [0.05, 0.1) is 47.5 Å². The summed E-state index contributed by atoms with van der Waals surface area (Å²) < 4.78 is 101. The van der Waals surface area contributed by atoms with Gasteiger partial charge in [-0.15, -0.1) is 0 Å². The van der Waals surface area contributed by atoms with Crippen LogP contribution in [0, 0.1) is 0 Å². The maximum atomic E-state index is 9.16. The van der Waals surface area contributed by atoms with E-state index in [1.54, 1.807) is 39.9 Å². The van der Waals surface area contributed by atoms with E-state index < -0.39 is 76.7 Å². The molecule has 0 radical (unpaired) electrons. The van der Waals surface area contributed by atoms with Crippen LogP contribution in [0.25, 0.3) is 61.3 Å². The van der Waals surface area contributed by atoms with Crippen LogP contribution in [0.15, 0.2) is 170 Å². The number of hydrogen-bond acceptors (Lipinski definition) is 5. The topological polar surface area (TPSA) is 71.7 Å². The van der Waals surface area contributed by atoms with Crippen molar-refractivity contribution in [3.05, 3.63) is 187 Å². The molecule has 8 nitrogen and oxygen atoms in total. The third kappa shape index (κ3) is 8.37. The third-order valence-corrected chi connectivity index (χ3v) is 11.5. The lowest BCUT2D eigenvalue weighted by Gasteiger charge is -2.23. The summed E-state index contributed by atoms with van der Waals surface area (Å²) in [5.74, 6) is 3.32. The number of para-hydroxylation sites is 1. The number of aromatic nitrogens is 5. The van der Waals surface area contributed by atoms with Crippen LogP contribution < -0.4 is 4.74 Å². The Labute approximate surface area is 407 Å². The molecule has 1 aliphatic heterocycles.